The first-order valence-corrected chi connectivity index (χ1v) is 6.32. The lowest BCUT2D eigenvalue weighted by Gasteiger charge is -2.23. The van der Waals surface area contributed by atoms with Gasteiger partial charge in [-0.2, -0.15) is 0 Å². The average molecular weight is 232 g/mol. The molecule has 3 heteroatoms. The third-order valence-electron chi connectivity index (χ3n) is 3.62. The van der Waals surface area contributed by atoms with Gasteiger partial charge in [-0.25, -0.2) is 4.39 Å². The number of benzene rings is 1. The summed E-state index contributed by atoms with van der Waals surface area (Å²) in [5.74, 6) is -0.0835. The number of hydrogen-bond acceptors (Lipinski definition) is 1. The smallest absolute Gasteiger partial charge is 0.150 e. The zero-order chi connectivity index (χ0) is 11.7. The molecule has 1 unspecified atom stereocenters. The van der Waals surface area contributed by atoms with Crippen LogP contribution >= 0.6 is 0 Å². The first-order chi connectivity index (χ1) is 8.34. The van der Waals surface area contributed by atoms with Crippen molar-refractivity contribution < 1.29 is 4.39 Å². The van der Waals surface area contributed by atoms with E-state index < -0.39 is 0 Å². The quantitative estimate of drug-likeness (QED) is 0.818. The largest absolute Gasteiger partial charge is 0.359 e. The topological polar surface area (TPSA) is 27.8 Å². The van der Waals surface area contributed by atoms with Gasteiger partial charge in [0, 0.05) is 17.6 Å². The molecule has 0 amide bonds. The first kappa shape index (κ1) is 10.8. The molecule has 1 aliphatic rings. The number of H-pyrrole nitrogens is 1. The molecule has 2 N–H and O–H groups in total. The summed E-state index contributed by atoms with van der Waals surface area (Å²) in [6, 6.07) is 6.25. The highest BCUT2D eigenvalue weighted by molar-refractivity contribution is 5.80. The van der Waals surface area contributed by atoms with E-state index in [2.05, 4.69) is 10.3 Å². The molecule has 0 bridgehead atoms. The van der Waals surface area contributed by atoms with Gasteiger partial charge >= 0.3 is 0 Å². The molecular weight excluding hydrogens is 215 g/mol. The highest BCUT2D eigenvalue weighted by Crippen LogP contribution is 2.22. The van der Waals surface area contributed by atoms with Crippen LogP contribution in [0.1, 0.15) is 24.8 Å². The van der Waals surface area contributed by atoms with E-state index >= 15 is 0 Å². The Hall–Kier alpha value is -1.35. The van der Waals surface area contributed by atoms with E-state index in [0.29, 0.717) is 11.6 Å². The summed E-state index contributed by atoms with van der Waals surface area (Å²) in [7, 11) is 0. The Morgan fingerprint density at radius 1 is 1.24 bits per heavy atom. The third-order valence-corrected chi connectivity index (χ3v) is 3.62. The van der Waals surface area contributed by atoms with Crippen molar-refractivity contribution >= 4 is 10.9 Å². The van der Waals surface area contributed by atoms with Gasteiger partial charge in [-0.3, -0.25) is 0 Å². The van der Waals surface area contributed by atoms with Gasteiger partial charge < -0.3 is 10.3 Å². The van der Waals surface area contributed by atoms with Crippen molar-refractivity contribution in [1.82, 2.24) is 10.3 Å². The number of rotatable bonds is 2. The highest BCUT2D eigenvalue weighted by atomic mass is 19.1. The molecule has 17 heavy (non-hydrogen) atoms. The lowest BCUT2D eigenvalue weighted by molar-refractivity contribution is 0.395. The predicted molar refractivity (Wildman–Crippen MR) is 67.6 cm³/mol. The van der Waals surface area contributed by atoms with Gasteiger partial charge in [-0.15, -0.1) is 0 Å². The fourth-order valence-corrected chi connectivity index (χ4v) is 2.66. The molecule has 2 aromatic rings. The summed E-state index contributed by atoms with van der Waals surface area (Å²) >= 11 is 0. The summed E-state index contributed by atoms with van der Waals surface area (Å²) in [5.41, 5.74) is 1.46. The Bertz CT molecular complexity index is 512. The summed E-state index contributed by atoms with van der Waals surface area (Å²) in [6.07, 6.45) is 6.23. The van der Waals surface area contributed by atoms with Crippen LogP contribution in [0.15, 0.2) is 24.4 Å². The van der Waals surface area contributed by atoms with Gasteiger partial charge in [-0.05, 0) is 37.4 Å². The molecule has 0 aliphatic carbocycles. The number of hydrogen-bond donors (Lipinski definition) is 2. The molecular formula is C14H17FN2. The van der Waals surface area contributed by atoms with E-state index in [1.54, 1.807) is 6.20 Å². The lowest BCUT2D eigenvalue weighted by Crippen LogP contribution is -2.35. The summed E-state index contributed by atoms with van der Waals surface area (Å²) in [5, 5.41) is 4.41. The number of fused-ring (bicyclic) bond motifs is 1. The van der Waals surface area contributed by atoms with Crippen LogP contribution in [-0.4, -0.2) is 17.6 Å². The number of nitrogens with one attached hydrogen (secondary N) is 2. The minimum atomic E-state index is -0.0835. The second-order valence-electron chi connectivity index (χ2n) is 4.83. The van der Waals surface area contributed by atoms with Crippen molar-refractivity contribution in [2.45, 2.75) is 31.7 Å². The van der Waals surface area contributed by atoms with Crippen molar-refractivity contribution in [1.29, 1.82) is 0 Å². The van der Waals surface area contributed by atoms with Crippen molar-refractivity contribution in [3.05, 3.63) is 35.8 Å². The van der Waals surface area contributed by atoms with E-state index in [4.69, 9.17) is 0 Å². The number of piperidine rings is 1. The minimum absolute atomic E-state index is 0.0835. The Labute approximate surface area is 100 Å². The number of aromatic amines is 1. The normalized spacial score (nSPS) is 20.9. The Morgan fingerprint density at radius 3 is 3.00 bits per heavy atom. The van der Waals surface area contributed by atoms with Crippen molar-refractivity contribution in [3.8, 4) is 0 Å². The van der Waals surface area contributed by atoms with E-state index in [1.807, 2.05) is 18.2 Å². The molecule has 0 spiro atoms. The zero-order valence-corrected chi connectivity index (χ0v) is 9.80. The minimum Gasteiger partial charge on any atom is -0.359 e. The van der Waals surface area contributed by atoms with E-state index in [1.165, 1.54) is 12.8 Å². The van der Waals surface area contributed by atoms with Crippen LogP contribution < -0.4 is 5.32 Å². The maximum Gasteiger partial charge on any atom is 0.150 e. The van der Waals surface area contributed by atoms with Crippen LogP contribution in [0.2, 0.25) is 0 Å². The van der Waals surface area contributed by atoms with Crippen LogP contribution in [0.3, 0.4) is 0 Å². The Kier molecular flexibility index (Phi) is 2.85. The fourth-order valence-electron chi connectivity index (χ4n) is 2.66. The predicted octanol–water partition coefficient (Wildman–Crippen LogP) is 2.99. The van der Waals surface area contributed by atoms with Crippen LogP contribution in [0.25, 0.3) is 10.9 Å². The molecule has 1 saturated heterocycles. The van der Waals surface area contributed by atoms with Gasteiger partial charge in [0.2, 0.25) is 0 Å². The van der Waals surface area contributed by atoms with Gasteiger partial charge in [0.05, 0.1) is 5.52 Å². The van der Waals surface area contributed by atoms with Crippen molar-refractivity contribution in [2.75, 3.05) is 6.54 Å². The van der Waals surface area contributed by atoms with Gasteiger partial charge in [0.15, 0.2) is 0 Å². The van der Waals surface area contributed by atoms with E-state index in [-0.39, 0.29) is 5.82 Å². The zero-order valence-electron chi connectivity index (χ0n) is 9.80. The maximum atomic E-state index is 14.2. The second kappa shape index (κ2) is 4.49. The molecule has 0 radical (unpaired) electrons. The standard InChI is InChI=1S/C14H17FN2/c15-13-11(9-12-3-1-2-7-16-12)5-4-10-6-8-17-14(10)13/h4-6,8,12,16-17H,1-3,7,9H2. The number of halogens is 1. The molecule has 1 aliphatic heterocycles. The molecule has 2 nitrogen and oxygen atoms in total. The first-order valence-electron chi connectivity index (χ1n) is 6.32. The van der Waals surface area contributed by atoms with Gasteiger partial charge in [-0.1, -0.05) is 18.6 Å². The van der Waals surface area contributed by atoms with Crippen LogP contribution in [0.5, 0.6) is 0 Å². The Morgan fingerprint density at radius 2 is 2.18 bits per heavy atom. The summed E-state index contributed by atoms with van der Waals surface area (Å²) in [6.45, 7) is 1.07. The second-order valence-corrected chi connectivity index (χ2v) is 4.83. The lowest BCUT2D eigenvalue weighted by atomic mass is 9.97. The summed E-state index contributed by atoms with van der Waals surface area (Å²) < 4.78 is 14.2. The highest BCUT2D eigenvalue weighted by Gasteiger charge is 2.16. The fraction of sp³-hybridized carbons (Fsp3) is 0.429. The molecule has 0 saturated carbocycles. The molecule has 3 rings (SSSR count). The summed E-state index contributed by atoms with van der Waals surface area (Å²) in [4.78, 5) is 2.97. The number of aromatic nitrogens is 1. The molecule has 1 atom stereocenters. The van der Waals surface area contributed by atoms with Crippen LogP contribution in [-0.2, 0) is 6.42 Å². The monoisotopic (exact) mass is 232 g/mol. The third kappa shape index (κ3) is 2.07. The van der Waals surface area contributed by atoms with Gasteiger partial charge in [0.1, 0.15) is 5.82 Å². The molecule has 1 aromatic carbocycles. The van der Waals surface area contributed by atoms with Crippen LogP contribution in [0.4, 0.5) is 4.39 Å². The SMILES string of the molecule is Fc1c(CC2CCCCN2)ccc2cc[nH]c12. The average Bonchev–Trinajstić information content (AvgIpc) is 2.83. The van der Waals surface area contributed by atoms with E-state index in [9.17, 15) is 4.39 Å². The van der Waals surface area contributed by atoms with Gasteiger partial charge in [0.25, 0.3) is 0 Å². The molecule has 2 heterocycles. The molecule has 1 fully saturated rings. The van der Waals surface area contributed by atoms with Crippen LogP contribution in [0, 0.1) is 5.82 Å². The molecule has 1 aromatic heterocycles. The van der Waals surface area contributed by atoms with E-state index in [0.717, 1.165) is 30.3 Å². The van der Waals surface area contributed by atoms with Crippen molar-refractivity contribution in [3.63, 3.8) is 0 Å². The maximum absolute atomic E-state index is 14.2. The Balaban J connectivity index is 1.86. The van der Waals surface area contributed by atoms with Crippen molar-refractivity contribution in [2.24, 2.45) is 0 Å². The molecule has 90 valence electrons.